The highest BCUT2D eigenvalue weighted by atomic mass is 16.5. The van der Waals surface area contributed by atoms with E-state index in [1.165, 1.54) is 0 Å². The first-order valence-corrected chi connectivity index (χ1v) is 9.56. The van der Waals surface area contributed by atoms with E-state index < -0.39 is 0 Å². The highest BCUT2D eigenvalue weighted by Crippen LogP contribution is 2.42. The van der Waals surface area contributed by atoms with Gasteiger partial charge in [0.25, 0.3) is 0 Å². The Kier molecular flexibility index (Phi) is 6.37. The Labute approximate surface area is 161 Å². The molecule has 5 heteroatoms. The number of aliphatic hydroxyl groups excluding tert-OH is 1. The molecule has 3 rings (SSSR count). The van der Waals surface area contributed by atoms with Crippen LogP contribution < -0.4 is 10.1 Å². The summed E-state index contributed by atoms with van der Waals surface area (Å²) in [5, 5.41) is 24.1. The lowest BCUT2D eigenvalue weighted by atomic mass is 9.79. The van der Waals surface area contributed by atoms with Crippen LogP contribution >= 0.6 is 0 Å². The summed E-state index contributed by atoms with van der Waals surface area (Å²) in [6, 6.07) is 15.4. The average Bonchev–Trinajstić information content (AvgIpc) is 2.69. The van der Waals surface area contributed by atoms with Crippen molar-refractivity contribution in [3.8, 4) is 11.5 Å². The van der Waals surface area contributed by atoms with Crippen LogP contribution in [0, 0.1) is 5.41 Å². The summed E-state index contributed by atoms with van der Waals surface area (Å²) in [6.07, 6.45) is 0. The van der Waals surface area contributed by atoms with Crippen LogP contribution in [0.15, 0.2) is 48.5 Å². The number of phenols is 1. The van der Waals surface area contributed by atoms with Gasteiger partial charge in [-0.05, 0) is 11.6 Å². The number of aliphatic hydroxyl groups is 1. The predicted octanol–water partition coefficient (Wildman–Crippen LogP) is 2.94. The molecule has 2 aromatic carbocycles. The van der Waals surface area contributed by atoms with Gasteiger partial charge >= 0.3 is 0 Å². The summed E-state index contributed by atoms with van der Waals surface area (Å²) in [5.41, 5.74) is 1.55. The van der Waals surface area contributed by atoms with Crippen molar-refractivity contribution < 1.29 is 14.9 Å². The molecule has 1 saturated heterocycles. The lowest BCUT2D eigenvalue weighted by Gasteiger charge is -2.43. The van der Waals surface area contributed by atoms with Crippen molar-refractivity contribution in [2.75, 3.05) is 32.8 Å². The SMILES string of the molecule is CC(C)(CO)[C@H](c1ccc(OCc2ccccc2)cc1O)N1CCNCC1. The molecule has 0 unspecified atom stereocenters. The van der Waals surface area contributed by atoms with E-state index in [1.807, 2.05) is 56.3 Å². The number of nitrogens with zero attached hydrogens (tertiary/aromatic N) is 1. The molecule has 3 N–H and O–H groups in total. The number of nitrogens with one attached hydrogen (secondary N) is 1. The first-order chi connectivity index (χ1) is 13.0. The zero-order valence-corrected chi connectivity index (χ0v) is 16.2. The van der Waals surface area contributed by atoms with Crippen LogP contribution in [0.3, 0.4) is 0 Å². The van der Waals surface area contributed by atoms with Crippen LogP contribution in [-0.4, -0.2) is 47.9 Å². The fourth-order valence-corrected chi connectivity index (χ4v) is 3.72. The van der Waals surface area contributed by atoms with Crippen molar-refractivity contribution in [3.05, 3.63) is 59.7 Å². The molecule has 0 aromatic heterocycles. The van der Waals surface area contributed by atoms with E-state index in [0.717, 1.165) is 37.3 Å². The Morgan fingerprint density at radius 3 is 2.44 bits per heavy atom. The zero-order chi connectivity index (χ0) is 19.3. The Hall–Kier alpha value is -2.08. The first-order valence-electron chi connectivity index (χ1n) is 9.56. The van der Waals surface area contributed by atoms with Crippen molar-refractivity contribution in [3.63, 3.8) is 0 Å². The monoisotopic (exact) mass is 370 g/mol. The van der Waals surface area contributed by atoms with E-state index >= 15 is 0 Å². The Morgan fingerprint density at radius 1 is 1.11 bits per heavy atom. The summed E-state index contributed by atoms with van der Waals surface area (Å²) >= 11 is 0. The van der Waals surface area contributed by atoms with E-state index in [1.54, 1.807) is 6.07 Å². The van der Waals surface area contributed by atoms with Gasteiger partial charge in [0.15, 0.2) is 0 Å². The highest BCUT2D eigenvalue weighted by molar-refractivity contribution is 5.42. The largest absolute Gasteiger partial charge is 0.507 e. The maximum Gasteiger partial charge on any atom is 0.124 e. The molecule has 1 aliphatic heterocycles. The maximum absolute atomic E-state index is 10.7. The third-order valence-electron chi connectivity index (χ3n) is 5.21. The molecule has 0 bridgehead atoms. The van der Waals surface area contributed by atoms with Gasteiger partial charge in [0.1, 0.15) is 18.1 Å². The molecule has 1 fully saturated rings. The van der Waals surface area contributed by atoms with Gasteiger partial charge in [-0.3, -0.25) is 4.90 Å². The normalized spacial score (nSPS) is 16.9. The molecule has 1 atom stereocenters. The maximum atomic E-state index is 10.7. The van der Waals surface area contributed by atoms with Crippen molar-refractivity contribution in [2.24, 2.45) is 5.41 Å². The van der Waals surface area contributed by atoms with Gasteiger partial charge < -0.3 is 20.3 Å². The number of aromatic hydroxyl groups is 1. The van der Waals surface area contributed by atoms with Crippen LogP contribution in [0.4, 0.5) is 0 Å². The molecule has 0 saturated carbocycles. The van der Waals surface area contributed by atoms with E-state index in [0.29, 0.717) is 12.4 Å². The number of phenolic OH excluding ortho intramolecular Hbond substituents is 1. The highest BCUT2D eigenvalue weighted by Gasteiger charge is 2.37. The van der Waals surface area contributed by atoms with E-state index in [2.05, 4.69) is 10.2 Å². The number of hydrogen-bond acceptors (Lipinski definition) is 5. The Balaban J connectivity index is 1.80. The summed E-state index contributed by atoms with van der Waals surface area (Å²) in [6.45, 7) is 8.20. The van der Waals surface area contributed by atoms with Gasteiger partial charge in [-0.1, -0.05) is 50.2 Å². The molecule has 5 nitrogen and oxygen atoms in total. The molecule has 0 amide bonds. The fourth-order valence-electron chi connectivity index (χ4n) is 3.72. The third kappa shape index (κ3) is 4.80. The second-order valence-corrected chi connectivity index (χ2v) is 7.83. The molecule has 0 aliphatic carbocycles. The summed E-state index contributed by atoms with van der Waals surface area (Å²) < 4.78 is 5.83. The van der Waals surface area contributed by atoms with Gasteiger partial charge in [-0.25, -0.2) is 0 Å². The zero-order valence-electron chi connectivity index (χ0n) is 16.2. The van der Waals surface area contributed by atoms with Crippen LogP contribution in [0.1, 0.15) is 31.0 Å². The number of piperazine rings is 1. The van der Waals surface area contributed by atoms with E-state index in [4.69, 9.17) is 4.74 Å². The smallest absolute Gasteiger partial charge is 0.124 e. The lowest BCUT2D eigenvalue weighted by Crippen LogP contribution is -2.49. The van der Waals surface area contributed by atoms with Crippen LogP contribution in [0.5, 0.6) is 11.5 Å². The van der Waals surface area contributed by atoms with Crippen LogP contribution in [0.25, 0.3) is 0 Å². The predicted molar refractivity (Wildman–Crippen MR) is 107 cm³/mol. The Bertz CT molecular complexity index is 728. The molecule has 27 heavy (non-hydrogen) atoms. The minimum absolute atomic E-state index is 0.0489. The fraction of sp³-hybridized carbons (Fsp3) is 0.455. The molecule has 0 radical (unpaired) electrons. The molecule has 1 heterocycles. The lowest BCUT2D eigenvalue weighted by molar-refractivity contribution is 0.0292. The second kappa shape index (κ2) is 8.74. The molecule has 1 aliphatic rings. The van der Waals surface area contributed by atoms with Crippen LogP contribution in [-0.2, 0) is 6.61 Å². The van der Waals surface area contributed by atoms with Crippen molar-refractivity contribution in [1.82, 2.24) is 10.2 Å². The van der Waals surface area contributed by atoms with E-state index in [9.17, 15) is 10.2 Å². The van der Waals surface area contributed by atoms with Gasteiger partial charge in [0.2, 0.25) is 0 Å². The third-order valence-corrected chi connectivity index (χ3v) is 5.21. The molecular weight excluding hydrogens is 340 g/mol. The van der Waals surface area contributed by atoms with Crippen molar-refractivity contribution in [2.45, 2.75) is 26.5 Å². The molecular formula is C22H30N2O3. The van der Waals surface area contributed by atoms with Crippen molar-refractivity contribution >= 4 is 0 Å². The minimum Gasteiger partial charge on any atom is -0.507 e. The van der Waals surface area contributed by atoms with Gasteiger partial charge in [0.05, 0.1) is 0 Å². The first kappa shape index (κ1) is 19.7. The summed E-state index contributed by atoms with van der Waals surface area (Å²) in [7, 11) is 0. The number of ether oxygens (including phenoxy) is 1. The minimum atomic E-state index is -0.374. The van der Waals surface area contributed by atoms with Crippen LogP contribution in [0.2, 0.25) is 0 Å². The van der Waals surface area contributed by atoms with E-state index in [-0.39, 0.29) is 23.8 Å². The topological polar surface area (TPSA) is 65.0 Å². The quantitative estimate of drug-likeness (QED) is 0.699. The van der Waals surface area contributed by atoms with Gasteiger partial charge in [-0.2, -0.15) is 0 Å². The molecule has 0 spiro atoms. The summed E-state index contributed by atoms with van der Waals surface area (Å²) in [5.74, 6) is 0.853. The summed E-state index contributed by atoms with van der Waals surface area (Å²) in [4.78, 5) is 2.34. The number of hydrogen-bond donors (Lipinski definition) is 3. The molecule has 146 valence electrons. The van der Waals surface area contributed by atoms with Crippen molar-refractivity contribution in [1.29, 1.82) is 0 Å². The Morgan fingerprint density at radius 2 is 1.81 bits per heavy atom. The number of rotatable bonds is 7. The second-order valence-electron chi connectivity index (χ2n) is 7.83. The standard InChI is InChI=1S/C22H30N2O3/c1-22(2,16-25)21(24-12-10-23-11-13-24)19-9-8-18(14-20(19)26)27-15-17-6-4-3-5-7-17/h3-9,14,21,23,25-26H,10-13,15-16H2,1-2H3/t21-/m0/s1. The molecule has 2 aromatic rings. The van der Waals surface area contributed by atoms with Gasteiger partial charge in [-0.15, -0.1) is 0 Å². The van der Waals surface area contributed by atoms with Gasteiger partial charge in [0, 0.05) is 55.9 Å². The number of benzene rings is 2. The average molecular weight is 370 g/mol.